The highest BCUT2D eigenvalue weighted by molar-refractivity contribution is 6.42. The summed E-state index contributed by atoms with van der Waals surface area (Å²) < 4.78 is 11.8. The summed E-state index contributed by atoms with van der Waals surface area (Å²) in [5, 5.41) is 4.48. The maximum atomic E-state index is 6.02. The fourth-order valence-electron chi connectivity index (χ4n) is 2.98. The van der Waals surface area contributed by atoms with Crippen LogP contribution in [0.25, 0.3) is 0 Å². The van der Waals surface area contributed by atoms with Gasteiger partial charge in [-0.15, -0.1) is 0 Å². The SMILES string of the molecule is Clc1ccc(OC2CCN(C[C@H]3CNCCO3)CC2)cc1Cl. The van der Waals surface area contributed by atoms with Crippen molar-refractivity contribution in [1.29, 1.82) is 0 Å². The first kappa shape index (κ1) is 16.3. The van der Waals surface area contributed by atoms with Gasteiger partial charge in [-0.1, -0.05) is 23.2 Å². The van der Waals surface area contributed by atoms with Gasteiger partial charge in [0.1, 0.15) is 11.9 Å². The van der Waals surface area contributed by atoms with Gasteiger partial charge in [0, 0.05) is 38.8 Å². The van der Waals surface area contributed by atoms with E-state index in [2.05, 4.69) is 10.2 Å². The first-order valence-electron chi connectivity index (χ1n) is 7.87. The summed E-state index contributed by atoms with van der Waals surface area (Å²) in [6.45, 7) is 5.85. The molecule has 22 heavy (non-hydrogen) atoms. The minimum absolute atomic E-state index is 0.249. The van der Waals surface area contributed by atoms with Gasteiger partial charge in [-0.2, -0.15) is 0 Å². The molecular formula is C16H22Cl2N2O2. The van der Waals surface area contributed by atoms with Crippen LogP contribution in [0.3, 0.4) is 0 Å². The third kappa shape index (κ3) is 4.49. The Kier molecular flexibility index (Phi) is 5.83. The molecule has 0 bridgehead atoms. The number of hydrogen-bond donors (Lipinski definition) is 1. The highest BCUT2D eigenvalue weighted by atomic mass is 35.5. The van der Waals surface area contributed by atoms with Crippen LogP contribution in [0.1, 0.15) is 12.8 Å². The molecule has 0 unspecified atom stereocenters. The molecule has 0 spiro atoms. The predicted octanol–water partition coefficient (Wildman–Crippen LogP) is 2.83. The first-order chi connectivity index (χ1) is 10.7. The van der Waals surface area contributed by atoms with Crippen molar-refractivity contribution < 1.29 is 9.47 Å². The van der Waals surface area contributed by atoms with E-state index in [1.54, 1.807) is 12.1 Å². The zero-order chi connectivity index (χ0) is 15.4. The van der Waals surface area contributed by atoms with E-state index in [1.165, 1.54) is 0 Å². The third-order valence-electron chi connectivity index (χ3n) is 4.19. The highest BCUT2D eigenvalue weighted by Crippen LogP contribution is 2.28. The second kappa shape index (κ2) is 7.84. The van der Waals surface area contributed by atoms with Gasteiger partial charge in [0.15, 0.2) is 0 Å². The van der Waals surface area contributed by atoms with Crippen LogP contribution in [0.15, 0.2) is 18.2 Å². The van der Waals surface area contributed by atoms with E-state index >= 15 is 0 Å². The second-order valence-corrected chi connectivity index (χ2v) is 6.71. The molecule has 1 N–H and O–H groups in total. The molecule has 4 nitrogen and oxygen atoms in total. The molecule has 1 atom stereocenters. The monoisotopic (exact) mass is 344 g/mol. The Hall–Kier alpha value is -0.520. The lowest BCUT2D eigenvalue weighted by atomic mass is 10.1. The molecule has 0 saturated carbocycles. The highest BCUT2D eigenvalue weighted by Gasteiger charge is 2.24. The minimum atomic E-state index is 0.249. The number of hydrogen-bond acceptors (Lipinski definition) is 4. The van der Waals surface area contributed by atoms with Gasteiger partial charge in [-0.25, -0.2) is 0 Å². The van der Waals surface area contributed by atoms with Gasteiger partial charge in [-0.3, -0.25) is 0 Å². The molecule has 0 aliphatic carbocycles. The summed E-state index contributed by atoms with van der Waals surface area (Å²) in [4.78, 5) is 2.46. The van der Waals surface area contributed by atoms with Crippen molar-refractivity contribution in [2.45, 2.75) is 25.0 Å². The summed E-state index contributed by atoms with van der Waals surface area (Å²) in [6, 6.07) is 5.45. The molecule has 0 amide bonds. The molecule has 1 aromatic carbocycles. The molecule has 122 valence electrons. The average molecular weight is 345 g/mol. The van der Waals surface area contributed by atoms with Gasteiger partial charge < -0.3 is 19.7 Å². The second-order valence-electron chi connectivity index (χ2n) is 5.89. The Balaban J connectivity index is 1.44. The molecule has 3 rings (SSSR count). The number of benzene rings is 1. The Bertz CT molecular complexity index is 487. The maximum Gasteiger partial charge on any atom is 0.121 e. The summed E-state index contributed by atoms with van der Waals surface area (Å²) in [5.74, 6) is 0.799. The van der Waals surface area contributed by atoms with Crippen molar-refractivity contribution in [2.24, 2.45) is 0 Å². The number of likely N-dealkylation sites (tertiary alicyclic amines) is 1. The lowest BCUT2D eigenvalue weighted by Gasteiger charge is -2.35. The van der Waals surface area contributed by atoms with Gasteiger partial charge in [-0.05, 0) is 25.0 Å². The standard InChI is InChI=1S/C16H22Cl2N2O2/c17-15-2-1-13(9-16(15)18)22-12-3-6-20(7-4-12)11-14-10-19-5-8-21-14/h1-2,9,12,14,19H,3-8,10-11H2/t14-/m1/s1. The summed E-state index contributed by atoms with van der Waals surface area (Å²) in [6.07, 6.45) is 2.63. The molecule has 1 aromatic rings. The fourth-order valence-corrected chi connectivity index (χ4v) is 3.27. The Morgan fingerprint density at radius 1 is 1.23 bits per heavy atom. The molecule has 6 heteroatoms. The summed E-state index contributed by atoms with van der Waals surface area (Å²) >= 11 is 11.9. The van der Waals surface area contributed by atoms with E-state index in [9.17, 15) is 0 Å². The van der Waals surface area contributed by atoms with E-state index < -0.39 is 0 Å². The van der Waals surface area contributed by atoms with Crippen LogP contribution in [-0.4, -0.2) is 56.4 Å². The van der Waals surface area contributed by atoms with Crippen LogP contribution in [0.2, 0.25) is 10.0 Å². The summed E-state index contributed by atoms with van der Waals surface area (Å²) in [5.41, 5.74) is 0. The van der Waals surface area contributed by atoms with E-state index in [4.69, 9.17) is 32.7 Å². The van der Waals surface area contributed by atoms with Crippen molar-refractivity contribution in [3.05, 3.63) is 28.2 Å². The maximum absolute atomic E-state index is 6.02. The lowest BCUT2D eigenvalue weighted by Crippen LogP contribution is -2.48. The molecule has 2 saturated heterocycles. The quantitative estimate of drug-likeness (QED) is 0.910. The van der Waals surface area contributed by atoms with Crippen LogP contribution in [0.4, 0.5) is 0 Å². The van der Waals surface area contributed by atoms with Gasteiger partial charge >= 0.3 is 0 Å². The zero-order valence-electron chi connectivity index (χ0n) is 12.6. The van der Waals surface area contributed by atoms with Crippen molar-refractivity contribution in [2.75, 3.05) is 39.3 Å². The smallest absolute Gasteiger partial charge is 0.121 e. The predicted molar refractivity (Wildman–Crippen MR) is 89.2 cm³/mol. The van der Waals surface area contributed by atoms with Gasteiger partial charge in [0.25, 0.3) is 0 Å². The fraction of sp³-hybridized carbons (Fsp3) is 0.625. The van der Waals surface area contributed by atoms with Crippen molar-refractivity contribution >= 4 is 23.2 Å². The minimum Gasteiger partial charge on any atom is -0.490 e. The van der Waals surface area contributed by atoms with Gasteiger partial charge in [0.2, 0.25) is 0 Å². The first-order valence-corrected chi connectivity index (χ1v) is 8.62. The number of halogens is 2. The van der Waals surface area contributed by atoms with Crippen LogP contribution < -0.4 is 10.1 Å². The molecule has 0 aromatic heterocycles. The van der Waals surface area contributed by atoms with Crippen LogP contribution in [0, 0.1) is 0 Å². The number of nitrogens with zero attached hydrogens (tertiary/aromatic N) is 1. The van der Waals surface area contributed by atoms with E-state index in [0.29, 0.717) is 16.1 Å². The van der Waals surface area contributed by atoms with Crippen molar-refractivity contribution in [1.82, 2.24) is 10.2 Å². The molecule has 2 fully saturated rings. The molecular weight excluding hydrogens is 323 g/mol. The Morgan fingerprint density at radius 3 is 2.73 bits per heavy atom. The van der Waals surface area contributed by atoms with Crippen molar-refractivity contribution in [3.63, 3.8) is 0 Å². The number of ether oxygens (including phenoxy) is 2. The van der Waals surface area contributed by atoms with E-state index in [1.807, 2.05) is 6.07 Å². The number of morpholine rings is 1. The lowest BCUT2D eigenvalue weighted by molar-refractivity contribution is -0.00562. The average Bonchev–Trinajstić information content (AvgIpc) is 2.54. The topological polar surface area (TPSA) is 33.7 Å². The van der Waals surface area contributed by atoms with E-state index in [-0.39, 0.29) is 6.10 Å². The molecule has 0 radical (unpaired) electrons. The Labute approximate surface area is 141 Å². The van der Waals surface area contributed by atoms with Gasteiger partial charge in [0.05, 0.1) is 22.8 Å². The largest absolute Gasteiger partial charge is 0.490 e. The number of piperidine rings is 1. The van der Waals surface area contributed by atoms with E-state index in [0.717, 1.165) is 57.9 Å². The Morgan fingerprint density at radius 2 is 2.05 bits per heavy atom. The number of nitrogens with one attached hydrogen (secondary N) is 1. The van der Waals surface area contributed by atoms with Crippen LogP contribution in [-0.2, 0) is 4.74 Å². The summed E-state index contributed by atoms with van der Waals surface area (Å²) in [7, 11) is 0. The number of rotatable bonds is 4. The van der Waals surface area contributed by atoms with Crippen LogP contribution >= 0.6 is 23.2 Å². The third-order valence-corrected chi connectivity index (χ3v) is 4.93. The normalized spacial score (nSPS) is 24.4. The van der Waals surface area contributed by atoms with Crippen LogP contribution in [0.5, 0.6) is 5.75 Å². The molecule has 2 aliphatic heterocycles. The van der Waals surface area contributed by atoms with Crippen molar-refractivity contribution in [3.8, 4) is 5.75 Å². The zero-order valence-corrected chi connectivity index (χ0v) is 14.1. The molecule has 2 aliphatic rings. The molecule has 2 heterocycles.